The Balaban J connectivity index is 4.16. The van der Waals surface area contributed by atoms with Crippen molar-refractivity contribution in [3.63, 3.8) is 0 Å². The van der Waals surface area contributed by atoms with Gasteiger partial charge in [-0.1, -0.05) is 6.58 Å². The Labute approximate surface area is 100 Å². The van der Waals surface area contributed by atoms with E-state index in [2.05, 4.69) is 11.3 Å². The minimum atomic E-state index is -3.78. The number of ether oxygens (including phenoxy) is 1. The third kappa shape index (κ3) is 5.14. The van der Waals surface area contributed by atoms with E-state index >= 15 is 0 Å². The molecular formula is C10H12N2O4S. The second-order valence-corrected chi connectivity index (χ2v) is 5.48. The van der Waals surface area contributed by atoms with E-state index < -0.39 is 21.1 Å². The van der Waals surface area contributed by atoms with Crippen LogP contribution in [0.2, 0.25) is 0 Å². The second-order valence-electron chi connectivity index (χ2n) is 3.28. The van der Waals surface area contributed by atoms with Crippen LogP contribution in [0.5, 0.6) is 0 Å². The van der Waals surface area contributed by atoms with E-state index in [0.29, 0.717) is 0 Å². The molecule has 0 atom stereocenters. The van der Waals surface area contributed by atoms with E-state index in [-0.39, 0.29) is 24.4 Å². The van der Waals surface area contributed by atoms with Crippen LogP contribution < -0.4 is 0 Å². The van der Waals surface area contributed by atoms with E-state index in [0.717, 1.165) is 0 Å². The summed E-state index contributed by atoms with van der Waals surface area (Å²) < 4.78 is 27.4. The summed E-state index contributed by atoms with van der Waals surface area (Å²) in [6.45, 7) is 4.74. The monoisotopic (exact) mass is 256 g/mol. The Bertz CT molecular complexity index is 467. The van der Waals surface area contributed by atoms with Gasteiger partial charge in [0.1, 0.15) is 0 Å². The normalized spacial score (nSPS) is 10.4. The lowest BCUT2D eigenvalue weighted by Gasteiger charge is -2.05. The van der Waals surface area contributed by atoms with Gasteiger partial charge < -0.3 is 4.74 Å². The van der Waals surface area contributed by atoms with Gasteiger partial charge in [0.15, 0.2) is 9.84 Å². The molecule has 0 aliphatic rings. The molecule has 7 heteroatoms. The molecule has 0 spiro atoms. The number of nitrogens with zero attached hydrogens (tertiary/aromatic N) is 2. The molecule has 92 valence electrons. The van der Waals surface area contributed by atoms with Crippen molar-refractivity contribution < 1.29 is 17.9 Å². The van der Waals surface area contributed by atoms with Crippen LogP contribution in [0.1, 0.15) is 13.3 Å². The van der Waals surface area contributed by atoms with Crippen molar-refractivity contribution in [1.29, 1.82) is 10.5 Å². The fourth-order valence-corrected chi connectivity index (χ4v) is 1.93. The second kappa shape index (κ2) is 6.66. The summed E-state index contributed by atoms with van der Waals surface area (Å²) >= 11 is 0. The average molecular weight is 256 g/mol. The lowest BCUT2D eigenvalue weighted by atomic mass is 10.4. The number of sulfone groups is 1. The number of rotatable bonds is 6. The molecule has 0 aromatic carbocycles. The molecule has 0 heterocycles. The first kappa shape index (κ1) is 15.1. The standard InChI is InChI=1S/C10H12N2O4S/c1-8(2)10(13)16-4-3-5-17(14,15)9(6-11)7-12/h9H,1,3-5H2,2H3. The number of hydrogen-bond acceptors (Lipinski definition) is 6. The minimum absolute atomic E-state index is 0.0429. The van der Waals surface area contributed by atoms with Crippen LogP contribution in [-0.2, 0) is 19.4 Å². The van der Waals surface area contributed by atoms with Crippen LogP contribution >= 0.6 is 0 Å². The van der Waals surface area contributed by atoms with Crippen molar-refractivity contribution in [3.8, 4) is 12.1 Å². The number of esters is 1. The number of hydrogen-bond donors (Lipinski definition) is 0. The van der Waals surface area contributed by atoms with E-state index in [1.54, 1.807) is 0 Å². The van der Waals surface area contributed by atoms with Gasteiger partial charge in [0.25, 0.3) is 0 Å². The third-order valence-corrected chi connectivity index (χ3v) is 3.54. The molecular weight excluding hydrogens is 244 g/mol. The van der Waals surface area contributed by atoms with Gasteiger partial charge in [-0.25, -0.2) is 13.2 Å². The van der Waals surface area contributed by atoms with Crippen molar-refractivity contribution in [1.82, 2.24) is 0 Å². The first-order chi connectivity index (χ1) is 7.85. The molecule has 0 radical (unpaired) electrons. The summed E-state index contributed by atoms with van der Waals surface area (Å²) in [7, 11) is -3.78. The molecule has 0 N–H and O–H groups in total. The smallest absolute Gasteiger partial charge is 0.333 e. The molecule has 0 rings (SSSR count). The molecule has 0 unspecified atom stereocenters. The fourth-order valence-electron chi connectivity index (χ4n) is 0.855. The first-order valence-electron chi connectivity index (χ1n) is 4.68. The van der Waals surface area contributed by atoms with Crippen molar-refractivity contribution >= 4 is 15.8 Å². The lowest BCUT2D eigenvalue weighted by molar-refractivity contribution is -0.138. The van der Waals surface area contributed by atoms with Gasteiger partial charge in [0, 0.05) is 5.57 Å². The SMILES string of the molecule is C=C(C)C(=O)OCCCS(=O)(=O)C(C#N)C#N. The van der Waals surface area contributed by atoms with E-state index in [4.69, 9.17) is 10.5 Å². The summed E-state index contributed by atoms with van der Waals surface area (Å²) in [6.07, 6.45) is 0.0429. The number of carbonyl (C=O) groups is 1. The van der Waals surface area contributed by atoms with Crippen molar-refractivity contribution in [3.05, 3.63) is 12.2 Å². The van der Waals surface area contributed by atoms with Gasteiger partial charge >= 0.3 is 5.97 Å². The maximum atomic E-state index is 11.4. The van der Waals surface area contributed by atoms with Crippen LogP contribution in [0.3, 0.4) is 0 Å². The van der Waals surface area contributed by atoms with E-state index in [1.807, 2.05) is 0 Å². The Morgan fingerprint density at radius 2 is 1.94 bits per heavy atom. The van der Waals surface area contributed by atoms with Crippen LogP contribution in [-0.4, -0.2) is 32.0 Å². The Kier molecular flexibility index (Phi) is 5.94. The highest BCUT2D eigenvalue weighted by atomic mass is 32.2. The first-order valence-corrected chi connectivity index (χ1v) is 6.40. The summed E-state index contributed by atoms with van der Waals surface area (Å²) in [6, 6.07) is 2.78. The minimum Gasteiger partial charge on any atom is -0.462 e. The van der Waals surface area contributed by atoms with Crippen molar-refractivity contribution in [2.75, 3.05) is 12.4 Å². The molecule has 0 saturated heterocycles. The highest BCUT2D eigenvalue weighted by molar-refractivity contribution is 7.92. The van der Waals surface area contributed by atoms with Crippen LogP contribution in [0, 0.1) is 22.7 Å². The summed E-state index contributed by atoms with van der Waals surface area (Å²) in [5.74, 6) is -0.970. The molecule has 0 saturated carbocycles. The predicted molar refractivity (Wildman–Crippen MR) is 59.2 cm³/mol. The molecule has 0 bridgehead atoms. The highest BCUT2D eigenvalue weighted by Crippen LogP contribution is 2.03. The fraction of sp³-hybridized carbons (Fsp3) is 0.500. The molecule has 0 aliphatic carbocycles. The zero-order valence-corrected chi connectivity index (χ0v) is 10.2. The van der Waals surface area contributed by atoms with Gasteiger partial charge in [-0.15, -0.1) is 0 Å². The van der Waals surface area contributed by atoms with Crippen LogP contribution in [0.4, 0.5) is 0 Å². The number of nitriles is 2. The third-order valence-electron chi connectivity index (χ3n) is 1.75. The molecule has 17 heavy (non-hydrogen) atoms. The maximum Gasteiger partial charge on any atom is 0.333 e. The summed E-state index contributed by atoms with van der Waals surface area (Å²) in [4.78, 5) is 10.9. The zero-order valence-electron chi connectivity index (χ0n) is 9.34. The molecule has 0 fully saturated rings. The molecule has 0 aliphatic heterocycles. The quantitative estimate of drug-likeness (QED) is 0.385. The molecule has 0 aromatic rings. The van der Waals surface area contributed by atoms with Gasteiger partial charge in [0.05, 0.1) is 24.5 Å². The van der Waals surface area contributed by atoms with Gasteiger partial charge in [-0.05, 0) is 13.3 Å². The van der Waals surface area contributed by atoms with E-state index in [9.17, 15) is 13.2 Å². The highest BCUT2D eigenvalue weighted by Gasteiger charge is 2.24. The van der Waals surface area contributed by atoms with Crippen molar-refractivity contribution in [2.24, 2.45) is 0 Å². The topological polar surface area (TPSA) is 108 Å². The average Bonchev–Trinajstić information content (AvgIpc) is 2.25. The lowest BCUT2D eigenvalue weighted by Crippen LogP contribution is -2.22. The van der Waals surface area contributed by atoms with Gasteiger partial charge in [-0.2, -0.15) is 10.5 Å². The molecule has 6 nitrogen and oxygen atoms in total. The van der Waals surface area contributed by atoms with Crippen molar-refractivity contribution in [2.45, 2.75) is 18.6 Å². The van der Waals surface area contributed by atoms with E-state index in [1.165, 1.54) is 19.1 Å². The Hall–Kier alpha value is -1.86. The van der Waals surface area contributed by atoms with Gasteiger partial charge in [-0.3, -0.25) is 0 Å². The maximum absolute atomic E-state index is 11.4. The Morgan fingerprint density at radius 1 is 1.41 bits per heavy atom. The largest absolute Gasteiger partial charge is 0.462 e. The summed E-state index contributed by atoms with van der Waals surface area (Å²) in [5, 5.41) is 15.2. The van der Waals surface area contributed by atoms with Crippen LogP contribution in [0.25, 0.3) is 0 Å². The Morgan fingerprint density at radius 3 is 2.35 bits per heavy atom. The number of carbonyl (C=O) groups excluding carboxylic acids is 1. The summed E-state index contributed by atoms with van der Waals surface area (Å²) in [5.41, 5.74) is 0.222. The predicted octanol–water partition coefficient (Wildman–Crippen LogP) is 0.326. The molecule has 0 amide bonds. The molecule has 0 aromatic heterocycles. The van der Waals surface area contributed by atoms with Crippen LogP contribution in [0.15, 0.2) is 12.2 Å². The van der Waals surface area contributed by atoms with Gasteiger partial charge in [0.2, 0.25) is 5.25 Å². The zero-order chi connectivity index (χ0) is 13.5.